The van der Waals surface area contributed by atoms with E-state index in [4.69, 9.17) is 0 Å². The molecule has 144 valence electrons. The van der Waals surface area contributed by atoms with Crippen molar-refractivity contribution in [1.82, 2.24) is 14.9 Å². The van der Waals surface area contributed by atoms with E-state index < -0.39 is 0 Å². The number of nitrogens with zero attached hydrogens (tertiary/aromatic N) is 2. The highest BCUT2D eigenvalue weighted by Crippen LogP contribution is 2.28. The minimum Gasteiger partial charge on any atom is -0.346 e. The number of hydrogen-bond acceptors (Lipinski definition) is 3. The second-order valence-electron chi connectivity index (χ2n) is 7.56. The van der Waals surface area contributed by atoms with E-state index in [1.807, 2.05) is 45.3 Å². The van der Waals surface area contributed by atoms with Crippen LogP contribution in [0.2, 0.25) is 0 Å². The predicted octanol–water partition coefficient (Wildman–Crippen LogP) is 4.30. The number of carbonyl (C=O) groups is 1. The van der Waals surface area contributed by atoms with Crippen molar-refractivity contribution in [2.45, 2.75) is 33.2 Å². The van der Waals surface area contributed by atoms with E-state index in [1.165, 1.54) is 11.1 Å². The third-order valence-corrected chi connectivity index (χ3v) is 5.62. The van der Waals surface area contributed by atoms with Gasteiger partial charge in [-0.25, -0.2) is 4.98 Å². The normalized spacial score (nSPS) is 16.0. The minimum atomic E-state index is -0.178. The van der Waals surface area contributed by atoms with Crippen molar-refractivity contribution in [3.05, 3.63) is 65.5 Å². The molecule has 28 heavy (non-hydrogen) atoms. The maximum atomic E-state index is 12.8. The third-order valence-electron chi connectivity index (χ3n) is 5.62. The molecule has 0 saturated carbocycles. The van der Waals surface area contributed by atoms with Gasteiger partial charge in [0.2, 0.25) is 5.91 Å². The fourth-order valence-electron chi connectivity index (χ4n) is 3.80. The lowest BCUT2D eigenvalue weighted by Gasteiger charge is -2.31. The zero-order valence-electron chi connectivity index (χ0n) is 16.6. The lowest BCUT2D eigenvalue weighted by molar-refractivity contribution is -0.120. The predicted molar refractivity (Wildman–Crippen MR) is 114 cm³/mol. The molecule has 0 aliphatic carbocycles. The second-order valence-corrected chi connectivity index (χ2v) is 7.56. The number of H-pyrrole nitrogens is 1. The summed E-state index contributed by atoms with van der Waals surface area (Å²) < 4.78 is 0. The molecule has 0 spiro atoms. The van der Waals surface area contributed by atoms with Crippen LogP contribution in [0.1, 0.15) is 30.0 Å². The fourth-order valence-corrected chi connectivity index (χ4v) is 3.80. The maximum Gasteiger partial charge on any atom is 0.241 e. The number of aromatic nitrogens is 2. The number of aryl methyl sites for hydroxylation is 2. The average Bonchev–Trinajstić information content (AvgIpc) is 3.19. The van der Waals surface area contributed by atoms with Gasteiger partial charge in [0.1, 0.15) is 5.65 Å². The van der Waals surface area contributed by atoms with Gasteiger partial charge in [-0.15, -0.1) is 0 Å². The molecule has 1 aliphatic rings. The highest BCUT2D eigenvalue weighted by molar-refractivity contribution is 5.95. The van der Waals surface area contributed by atoms with Crippen LogP contribution in [0.3, 0.4) is 0 Å². The van der Waals surface area contributed by atoms with Crippen LogP contribution in [0, 0.1) is 13.8 Å². The van der Waals surface area contributed by atoms with Crippen molar-refractivity contribution in [3.8, 4) is 0 Å². The first kappa shape index (κ1) is 18.4. The number of anilines is 1. The van der Waals surface area contributed by atoms with Crippen molar-refractivity contribution in [2.24, 2.45) is 0 Å². The van der Waals surface area contributed by atoms with Gasteiger partial charge in [0.15, 0.2) is 0 Å². The van der Waals surface area contributed by atoms with E-state index in [-0.39, 0.29) is 11.9 Å². The van der Waals surface area contributed by atoms with E-state index >= 15 is 0 Å². The Morgan fingerprint density at radius 2 is 2.11 bits per heavy atom. The zero-order chi connectivity index (χ0) is 19.7. The first-order chi connectivity index (χ1) is 13.5. The summed E-state index contributed by atoms with van der Waals surface area (Å²) in [6.45, 7) is 7.67. The summed E-state index contributed by atoms with van der Waals surface area (Å²) in [5.41, 5.74) is 6.61. The van der Waals surface area contributed by atoms with Crippen LogP contribution < -0.4 is 5.32 Å². The van der Waals surface area contributed by atoms with Gasteiger partial charge < -0.3 is 10.3 Å². The average molecular weight is 374 g/mol. The van der Waals surface area contributed by atoms with Crippen molar-refractivity contribution < 1.29 is 4.79 Å². The Kier molecular flexibility index (Phi) is 5.01. The molecule has 4 rings (SSSR count). The van der Waals surface area contributed by atoms with E-state index in [9.17, 15) is 4.79 Å². The molecule has 0 radical (unpaired) electrons. The summed E-state index contributed by atoms with van der Waals surface area (Å²) >= 11 is 0. The van der Waals surface area contributed by atoms with Gasteiger partial charge in [-0.3, -0.25) is 9.69 Å². The van der Waals surface area contributed by atoms with Gasteiger partial charge in [0, 0.05) is 36.6 Å². The van der Waals surface area contributed by atoms with Crippen LogP contribution in [0.4, 0.5) is 5.69 Å². The third kappa shape index (κ3) is 3.58. The smallest absolute Gasteiger partial charge is 0.241 e. The standard InChI is InChI=1S/C23H26N4O/c1-15-4-5-16(2)21(14-15)26-23(28)17(3)27-12-8-18(9-13-27)19-6-10-24-22-20(19)7-11-25-22/h4-8,10-11,14,17H,9,12-13H2,1-3H3,(H,24,25)(H,26,28). The van der Waals surface area contributed by atoms with Gasteiger partial charge >= 0.3 is 0 Å². The molecular formula is C23H26N4O. The van der Waals surface area contributed by atoms with Crippen molar-refractivity contribution in [1.29, 1.82) is 0 Å². The highest BCUT2D eigenvalue weighted by Gasteiger charge is 2.24. The molecule has 1 aliphatic heterocycles. The first-order valence-electron chi connectivity index (χ1n) is 9.76. The molecule has 1 unspecified atom stereocenters. The van der Waals surface area contributed by atoms with Crippen molar-refractivity contribution in [2.75, 3.05) is 18.4 Å². The number of fused-ring (bicyclic) bond motifs is 1. The largest absolute Gasteiger partial charge is 0.346 e. The van der Waals surface area contributed by atoms with E-state index in [1.54, 1.807) is 0 Å². The Balaban J connectivity index is 1.46. The Hall–Kier alpha value is -2.92. The molecule has 1 aromatic carbocycles. The van der Waals surface area contributed by atoms with Gasteiger partial charge in [-0.1, -0.05) is 18.2 Å². The van der Waals surface area contributed by atoms with E-state index in [0.717, 1.165) is 47.4 Å². The number of aromatic amines is 1. The molecule has 0 fully saturated rings. The molecule has 3 aromatic rings. The number of amides is 1. The molecule has 2 aromatic heterocycles. The number of carbonyl (C=O) groups excluding carboxylic acids is 1. The lowest BCUT2D eigenvalue weighted by atomic mass is 9.97. The highest BCUT2D eigenvalue weighted by atomic mass is 16.2. The topological polar surface area (TPSA) is 61.0 Å². The molecule has 5 nitrogen and oxygen atoms in total. The minimum absolute atomic E-state index is 0.0440. The summed E-state index contributed by atoms with van der Waals surface area (Å²) in [6.07, 6.45) is 6.94. The number of pyridine rings is 1. The Morgan fingerprint density at radius 1 is 1.25 bits per heavy atom. The van der Waals surface area contributed by atoms with Gasteiger partial charge in [0.25, 0.3) is 0 Å². The molecule has 1 amide bonds. The van der Waals surface area contributed by atoms with Crippen LogP contribution in [0.15, 0.2) is 48.8 Å². The summed E-state index contributed by atoms with van der Waals surface area (Å²) in [6, 6.07) is 10.1. The molecule has 5 heteroatoms. The number of hydrogen-bond donors (Lipinski definition) is 2. The van der Waals surface area contributed by atoms with Crippen LogP contribution in [0.5, 0.6) is 0 Å². The lowest BCUT2D eigenvalue weighted by Crippen LogP contribution is -2.44. The molecule has 0 saturated heterocycles. The fraction of sp³-hybridized carbons (Fsp3) is 0.304. The van der Waals surface area contributed by atoms with E-state index in [2.05, 4.69) is 44.5 Å². The Bertz CT molecular complexity index is 1050. The number of nitrogens with one attached hydrogen (secondary N) is 2. The number of benzene rings is 1. The quantitative estimate of drug-likeness (QED) is 0.716. The van der Waals surface area contributed by atoms with Gasteiger partial charge in [0.05, 0.1) is 6.04 Å². The summed E-state index contributed by atoms with van der Waals surface area (Å²) in [7, 11) is 0. The van der Waals surface area contributed by atoms with E-state index in [0.29, 0.717) is 0 Å². The van der Waals surface area contributed by atoms with Crippen LogP contribution in [-0.4, -0.2) is 39.9 Å². The maximum absolute atomic E-state index is 12.8. The summed E-state index contributed by atoms with van der Waals surface area (Å²) in [4.78, 5) is 22.5. The van der Waals surface area contributed by atoms with Gasteiger partial charge in [-0.2, -0.15) is 0 Å². The van der Waals surface area contributed by atoms with Crippen LogP contribution >= 0.6 is 0 Å². The molecular weight excluding hydrogens is 348 g/mol. The molecule has 2 N–H and O–H groups in total. The van der Waals surface area contributed by atoms with Crippen LogP contribution in [0.25, 0.3) is 16.6 Å². The Morgan fingerprint density at radius 3 is 2.89 bits per heavy atom. The second kappa shape index (κ2) is 7.60. The Labute approximate surface area is 165 Å². The molecule has 1 atom stereocenters. The first-order valence-corrected chi connectivity index (χ1v) is 9.76. The monoisotopic (exact) mass is 374 g/mol. The molecule has 0 bridgehead atoms. The molecule has 3 heterocycles. The summed E-state index contributed by atoms with van der Waals surface area (Å²) in [5.74, 6) is 0.0440. The SMILES string of the molecule is Cc1ccc(C)c(NC(=O)C(C)N2CC=C(c3ccnc4[nH]ccc34)CC2)c1. The zero-order valence-corrected chi connectivity index (χ0v) is 16.6. The van der Waals surface area contributed by atoms with Crippen LogP contribution in [-0.2, 0) is 4.79 Å². The van der Waals surface area contributed by atoms with Crippen molar-refractivity contribution in [3.63, 3.8) is 0 Å². The summed E-state index contributed by atoms with van der Waals surface area (Å²) in [5, 5.41) is 4.25. The number of rotatable bonds is 4. The van der Waals surface area contributed by atoms with Crippen molar-refractivity contribution >= 4 is 28.2 Å². The van der Waals surface area contributed by atoms with Gasteiger partial charge in [-0.05, 0) is 67.7 Å².